The van der Waals surface area contributed by atoms with E-state index in [1.165, 1.54) is 17.7 Å². The number of aromatic nitrogens is 2. The zero-order valence-corrected chi connectivity index (χ0v) is 18.5. The Hall–Kier alpha value is -1.78. The molecule has 2 heterocycles. The molecular formula is C18H29N2O9P. The van der Waals surface area contributed by atoms with Gasteiger partial charge in [-0.2, -0.15) is 0 Å². The van der Waals surface area contributed by atoms with Crippen molar-refractivity contribution in [1.82, 2.24) is 9.55 Å². The molecule has 1 aromatic heterocycles. The van der Waals surface area contributed by atoms with Crippen molar-refractivity contribution in [3.8, 4) is 0 Å². The summed E-state index contributed by atoms with van der Waals surface area (Å²) in [6, 6.07) is 0. The van der Waals surface area contributed by atoms with Gasteiger partial charge in [-0.3, -0.25) is 32.7 Å². The Kier molecular flexibility index (Phi) is 8.99. The van der Waals surface area contributed by atoms with Gasteiger partial charge in [-0.25, -0.2) is 9.36 Å². The van der Waals surface area contributed by atoms with Crippen molar-refractivity contribution in [3.63, 3.8) is 0 Å². The van der Waals surface area contributed by atoms with Crippen LogP contribution in [-0.2, 0) is 32.4 Å². The molecule has 1 saturated heterocycles. The van der Waals surface area contributed by atoms with Crippen LogP contribution in [0, 0.1) is 6.92 Å². The topological polar surface area (TPSA) is 135 Å². The second-order valence-corrected chi connectivity index (χ2v) is 8.57. The van der Waals surface area contributed by atoms with E-state index in [1.807, 2.05) is 13.8 Å². The van der Waals surface area contributed by atoms with Crippen LogP contribution >= 0.6 is 7.82 Å². The summed E-state index contributed by atoms with van der Waals surface area (Å²) in [6.45, 7) is 6.66. The van der Waals surface area contributed by atoms with E-state index in [-0.39, 0.29) is 26.2 Å². The molecule has 12 heteroatoms. The van der Waals surface area contributed by atoms with Gasteiger partial charge in [0.2, 0.25) is 0 Å². The van der Waals surface area contributed by atoms with Crippen LogP contribution in [0.1, 0.15) is 51.8 Å². The fraction of sp³-hybridized carbons (Fsp3) is 0.722. The highest BCUT2D eigenvalue weighted by Crippen LogP contribution is 2.50. The summed E-state index contributed by atoms with van der Waals surface area (Å²) in [5.41, 5.74) is -0.818. The number of phosphoric acid groups is 1. The number of aromatic amines is 1. The molecule has 1 aliphatic rings. The quantitative estimate of drug-likeness (QED) is 0.398. The minimum absolute atomic E-state index is 0.148. The van der Waals surface area contributed by atoms with Crippen LogP contribution < -0.4 is 11.2 Å². The highest BCUT2D eigenvalue weighted by molar-refractivity contribution is 7.48. The Labute approximate surface area is 174 Å². The van der Waals surface area contributed by atoms with Crippen LogP contribution in [0.15, 0.2) is 15.8 Å². The van der Waals surface area contributed by atoms with Gasteiger partial charge in [0.05, 0.1) is 19.8 Å². The highest BCUT2D eigenvalue weighted by atomic mass is 31.2. The first-order valence-corrected chi connectivity index (χ1v) is 11.3. The van der Waals surface area contributed by atoms with Gasteiger partial charge < -0.3 is 9.47 Å². The van der Waals surface area contributed by atoms with E-state index in [4.69, 9.17) is 23.0 Å². The number of esters is 1. The predicted molar refractivity (Wildman–Crippen MR) is 106 cm³/mol. The Morgan fingerprint density at radius 2 is 1.87 bits per heavy atom. The second kappa shape index (κ2) is 11.0. The second-order valence-electron chi connectivity index (χ2n) is 6.90. The number of rotatable bonds is 11. The average molecular weight is 448 g/mol. The molecule has 2 rings (SSSR count). The van der Waals surface area contributed by atoms with Crippen molar-refractivity contribution < 1.29 is 32.4 Å². The smallest absolute Gasteiger partial charge is 0.460 e. The SMILES string of the molecule is CCCOP(=O)(OCCC)OC[C@H]1O[C@@H](n2cc(C)c(=O)[nH]c2=O)C[C@@H]1OC(C)=O. The molecule has 3 atom stereocenters. The van der Waals surface area contributed by atoms with Crippen molar-refractivity contribution in [3.05, 3.63) is 32.6 Å². The molecule has 0 bridgehead atoms. The van der Waals surface area contributed by atoms with Crippen molar-refractivity contribution >= 4 is 13.8 Å². The first-order chi connectivity index (χ1) is 14.2. The monoisotopic (exact) mass is 448 g/mol. The maximum atomic E-state index is 12.8. The minimum atomic E-state index is -3.82. The molecule has 0 aliphatic carbocycles. The van der Waals surface area contributed by atoms with Crippen molar-refractivity contribution in [1.29, 1.82) is 0 Å². The fourth-order valence-electron chi connectivity index (χ4n) is 2.84. The first kappa shape index (κ1) is 24.5. The molecule has 0 aromatic carbocycles. The fourth-order valence-corrected chi connectivity index (χ4v) is 4.21. The third-order valence-corrected chi connectivity index (χ3v) is 5.72. The number of carbonyl (C=O) groups is 1. The highest BCUT2D eigenvalue weighted by Gasteiger charge is 2.41. The summed E-state index contributed by atoms with van der Waals surface area (Å²) in [5.74, 6) is -0.535. The molecule has 1 fully saturated rings. The van der Waals surface area contributed by atoms with Crippen LogP contribution in [0.3, 0.4) is 0 Å². The summed E-state index contributed by atoms with van der Waals surface area (Å²) in [5, 5.41) is 0. The lowest BCUT2D eigenvalue weighted by Gasteiger charge is -2.22. The van der Waals surface area contributed by atoms with E-state index in [2.05, 4.69) is 4.98 Å². The van der Waals surface area contributed by atoms with Gasteiger partial charge in [0, 0.05) is 25.1 Å². The zero-order valence-electron chi connectivity index (χ0n) is 17.6. The summed E-state index contributed by atoms with van der Waals surface area (Å²) in [4.78, 5) is 37.5. The van der Waals surface area contributed by atoms with Gasteiger partial charge in [-0.15, -0.1) is 0 Å². The van der Waals surface area contributed by atoms with E-state index < -0.39 is 43.5 Å². The molecule has 0 spiro atoms. The van der Waals surface area contributed by atoms with Crippen LogP contribution in [-0.4, -0.2) is 47.5 Å². The van der Waals surface area contributed by atoms with E-state index in [0.717, 1.165) is 0 Å². The molecule has 0 saturated carbocycles. The number of ether oxygens (including phenoxy) is 2. The van der Waals surface area contributed by atoms with Crippen LogP contribution in [0.2, 0.25) is 0 Å². The number of phosphoric ester groups is 1. The third-order valence-electron chi connectivity index (χ3n) is 4.26. The van der Waals surface area contributed by atoms with Gasteiger partial charge >= 0.3 is 19.5 Å². The van der Waals surface area contributed by atoms with Crippen molar-refractivity contribution in [2.45, 2.75) is 65.4 Å². The Morgan fingerprint density at radius 1 is 1.23 bits per heavy atom. The number of aryl methyl sites for hydroxylation is 1. The lowest BCUT2D eigenvalue weighted by atomic mass is 10.2. The standard InChI is InChI=1S/C18H29N2O9P/c1-5-7-25-30(24,26-8-6-2)27-11-15-14(28-13(4)21)9-16(29-15)20-10-12(3)17(22)19-18(20)23/h10,14-16H,5-9,11H2,1-4H3,(H,19,22,23)/t14-,15+,16+/m0/s1. The summed E-state index contributed by atoms with van der Waals surface area (Å²) in [7, 11) is -3.82. The number of hydrogen-bond acceptors (Lipinski definition) is 9. The maximum Gasteiger partial charge on any atom is 0.474 e. The number of nitrogens with one attached hydrogen (secondary N) is 1. The Morgan fingerprint density at radius 3 is 2.43 bits per heavy atom. The number of H-pyrrole nitrogens is 1. The molecule has 0 radical (unpaired) electrons. The van der Waals surface area contributed by atoms with E-state index >= 15 is 0 Å². The Bertz CT molecular complexity index is 869. The molecule has 170 valence electrons. The molecule has 1 aliphatic heterocycles. The van der Waals surface area contributed by atoms with Gasteiger partial charge in [-0.1, -0.05) is 13.8 Å². The maximum absolute atomic E-state index is 12.8. The predicted octanol–water partition coefficient (Wildman–Crippen LogP) is 2.04. The lowest BCUT2D eigenvalue weighted by molar-refractivity contribution is -0.150. The largest absolute Gasteiger partial charge is 0.474 e. The van der Waals surface area contributed by atoms with Crippen molar-refractivity contribution in [2.24, 2.45) is 0 Å². The summed E-state index contributed by atoms with van der Waals surface area (Å²) in [6.07, 6.45) is 0.386. The molecule has 1 aromatic rings. The lowest BCUT2D eigenvalue weighted by Crippen LogP contribution is -2.33. The summed E-state index contributed by atoms with van der Waals surface area (Å²) >= 11 is 0. The average Bonchev–Trinajstić information content (AvgIpc) is 3.08. The minimum Gasteiger partial charge on any atom is -0.460 e. The van der Waals surface area contributed by atoms with Crippen molar-refractivity contribution in [2.75, 3.05) is 19.8 Å². The molecular weight excluding hydrogens is 419 g/mol. The van der Waals surface area contributed by atoms with E-state index in [1.54, 1.807) is 6.92 Å². The number of hydrogen-bond donors (Lipinski definition) is 1. The summed E-state index contributed by atoms with van der Waals surface area (Å²) < 4.78 is 41.1. The van der Waals surface area contributed by atoms with Gasteiger partial charge in [0.25, 0.3) is 5.56 Å². The van der Waals surface area contributed by atoms with Crippen LogP contribution in [0.5, 0.6) is 0 Å². The zero-order chi connectivity index (χ0) is 22.3. The van der Waals surface area contributed by atoms with E-state index in [9.17, 15) is 18.9 Å². The normalized spacial score (nSPS) is 21.7. The van der Waals surface area contributed by atoms with Crippen LogP contribution in [0.25, 0.3) is 0 Å². The van der Waals surface area contributed by atoms with Gasteiger partial charge in [-0.05, 0) is 19.8 Å². The molecule has 11 nitrogen and oxygen atoms in total. The van der Waals surface area contributed by atoms with Gasteiger partial charge in [0.1, 0.15) is 18.4 Å². The third kappa shape index (κ3) is 6.61. The van der Waals surface area contributed by atoms with Gasteiger partial charge in [0.15, 0.2) is 0 Å². The molecule has 0 amide bonds. The number of carbonyl (C=O) groups excluding carboxylic acids is 1. The van der Waals surface area contributed by atoms with E-state index in [0.29, 0.717) is 18.4 Å². The first-order valence-electron chi connectivity index (χ1n) is 9.87. The number of nitrogens with zero attached hydrogens (tertiary/aromatic N) is 1. The molecule has 0 unspecified atom stereocenters. The van der Waals surface area contributed by atoms with Crippen LogP contribution in [0.4, 0.5) is 0 Å². The molecule has 30 heavy (non-hydrogen) atoms. The Balaban J connectivity index is 2.17. The molecule has 1 N–H and O–H groups in total.